The third-order valence-corrected chi connectivity index (χ3v) is 4.78. The highest BCUT2D eigenvalue weighted by Gasteiger charge is 2.14. The molecule has 4 rings (SSSR count). The summed E-state index contributed by atoms with van der Waals surface area (Å²) in [6, 6.07) is 13.2. The molecule has 1 aliphatic heterocycles. The molecule has 2 heterocycles. The number of thiazole rings is 1. The van der Waals surface area contributed by atoms with Crippen LogP contribution in [0.5, 0.6) is 11.5 Å². The minimum absolute atomic E-state index is 0.148. The Bertz CT molecular complexity index is 858. The predicted octanol–water partition coefficient (Wildman–Crippen LogP) is 3.39. The molecule has 1 aliphatic rings. The summed E-state index contributed by atoms with van der Waals surface area (Å²) in [4.78, 5) is 16.9. The normalized spacial score (nSPS) is 13.5. The average molecular weight is 340 g/mol. The molecule has 0 bridgehead atoms. The van der Waals surface area contributed by atoms with E-state index in [9.17, 15) is 4.79 Å². The fourth-order valence-electron chi connectivity index (χ4n) is 2.56. The van der Waals surface area contributed by atoms with Crippen molar-refractivity contribution < 1.29 is 14.3 Å². The number of carbonyl (C=O) groups is 1. The molecule has 0 atom stereocenters. The summed E-state index contributed by atoms with van der Waals surface area (Å²) in [5, 5.41) is 3.80. The van der Waals surface area contributed by atoms with E-state index in [2.05, 4.69) is 10.3 Å². The van der Waals surface area contributed by atoms with Gasteiger partial charge in [-0.3, -0.25) is 4.79 Å². The van der Waals surface area contributed by atoms with Crippen LogP contribution >= 0.6 is 11.3 Å². The third-order valence-electron chi connectivity index (χ3n) is 3.75. The number of nitrogens with one attached hydrogen (secondary N) is 1. The molecule has 3 aromatic rings. The summed E-state index contributed by atoms with van der Waals surface area (Å²) in [6.45, 7) is 1.65. The Hall–Kier alpha value is -2.60. The first-order valence-corrected chi connectivity index (χ1v) is 8.63. The molecule has 122 valence electrons. The topological polar surface area (TPSA) is 60.5 Å². The molecule has 0 unspecified atom stereocenters. The summed E-state index contributed by atoms with van der Waals surface area (Å²) < 4.78 is 12.3. The number of benzene rings is 2. The standard InChI is InChI=1S/C18H16N2O3S/c21-18(12-6-7-14-15(10-12)23-9-3-8-22-14)19-11-17-20-13-4-1-2-5-16(13)24-17/h1-2,4-7,10H,3,8-9,11H2,(H,19,21). The molecule has 0 fully saturated rings. The predicted molar refractivity (Wildman–Crippen MR) is 92.8 cm³/mol. The highest BCUT2D eigenvalue weighted by Crippen LogP contribution is 2.30. The summed E-state index contributed by atoms with van der Waals surface area (Å²) in [7, 11) is 0. The number of rotatable bonds is 3. The smallest absolute Gasteiger partial charge is 0.251 e. The van der Waals surface area contributed by atoms with Crippen molar-refractivity contribution in [2.24, 2.45) is 0 Å². The van der Waals surface area contributed by atoms with E-state index in [-0.39, 0.29) is 5.91 Å². The monoisotopic (exact) mass is 340 g/mol. The van der Waals surface area contributed by atoms with Crippen LogP contribution in [0.1, 0.15) is 21.8 Å². The summed E-state index contributed by atoms with van der Waals surface area (Å²) in [5.74, 6) is 1.17. The number of hydrogen-bond donors (Lipinski definition) is 1. The summed E-state index contributed by atoms with van der Waals surface area (Å²) >= 11 is 1.59. The zero-order valence-corrected chi connectivity index (χ0v) is 13.8. The van der Waals surface area contributed by atoms with Gasteiger partial charge in [-0.1, -0.05) is 12.1 Å². The Morgan fingerprint density at radius 3 is 2.83 bits per heavy atom. The quantitative estimate of drug-likeness (QED) is 0.794. The van der Waals surface area contributed by atoms with E-state index in [0.29, 0.717) is 36.8 Å². The van der Waals surface area contributed by atoms with Gasteiger partial charge in [0.05, 0.1) is 30.0 Å². The van der Waals surface area contributed by atoms with Crippen LogP contribution in [0.2, 0.25) is 0 Å². The average Bonchev–Trinajstić information content (AvgIpc) is 2.88. The van der Waals surface area contributed by atoms with Crippen LogP contribution in [0.15, 0.2) is 42.5 Å². The van der Waals surface area contributed by atoms with Crippen molar-refractivity contribution >= 4 is 27.5 Å². The maximum absolute atomic E-state index is 12.4. The number of para-hydroxylation sites is 1. The second kappa shape index (κ2) is 6.49. The Morgan fingerprint density at radius 2 is 1.96 bits per heavy atom. The number of nitrogens with zero attached hydrogens (tertiary/aromatic N) is 1. The van der Waals surface area contributed by atoms with Gasteiger partial charge >= 0.3 is 0 Å². The van der Waals surface area contributed by atoms with E-state index < -0.39 is 0 Å². The molecule has 24 heavy (non-hydrogen) atoms. The number of hydrogen-bond acceptors (Lipinski definition) is 5. The van der Waals surface area contributed by atoms with E-state index in [0.717, 1.165) is 21.6 Å². The molecule has 2 aromatic carbocycles. The molecule has 1 N–H and O–H groups in total. The van der Waals surface area contributed by atoms with Crippen molar-refractivity contribution in [3.63, 3.8) is 0 Å². The van der Waals surface area contributed by atoms with Crippen LogP contribution in [0.25, 0.3) is 10.2 Å². The van der Waals surface area contributed by atoms with Gasteiger partial charge in [0.15, 0.2) is 11.5 Å². The fraction of sp³-hybridized carbons (Fsp3) is 0.222. The van der Waals surface area contributed by atoms with Gasteiger partial charge in [0.2, 0.25) is 0 Å². The van der Waals surface area contributed by atoms with Crippen LogP contribution in [0, 0.1) is 0 Å². The molecule has 0 saturated heterocycles. The fourth-order valence-corrected chi connectivity index (χ4v) is 3.47. The van der Waals surface area contributed by atoms with Crippen molar-refractivity contribution in [3.8, 4) is 11.5 Å². The third kappa shape index (κ3) is 3.05. The van der Waals surface area contributed by atoms with Crippen molar-refractivity contribution in [2.45, 2.75) is 13.0 Å². The summed E-state index contributed by atoms with van der Waals surface area (Å²) in [6.07, 6.45) is 0.841. The molecule has 5 nitrogen and oxygen atoms in total. The van der Waals surface area contributed by atoms with E-state index in [1.807, 2.05) is 24.3 Å². The lowest BCUT2D eigenvalue weighted by atomic mass is 10.2. The van der Waals surface area contributed by atoms with Gasteiger partial charge in [-0.15, -0.1) is 11.3 Å². The van der Waals surface area contributed by atoms with Gasteiger partial charge in [0, 0.05) is 12.0 Å². The first-order valence-electron chi connectivity index (χ1n) is 7.82. The van der Waals surface area contributed by atoms with Crippen LogP contribution in [-0.2, 0) is 6.54 Å². The maximum Gasteiger partial charge on any atom is 0.251 e. The molecular weight excluding hydrogens is 324 g/mol. The van der Waals surface area contributed by atoms with Gasteiger partial charge < -0.3 is 14.8 Å². The molecule has 1 aromatic heterocycles. The van der Waals surface area contributed by atoms with Crippen molar-refractivity contribution in [3.05, 3.63) is 53.0 Å². The van der Waals surface area contributed by atoms with E-state index in [4.69, 9.17) is 9.47 Å². The van der Waals surface area contributed by atoms with Gasteiger partial charge in [-0.05, 0) is 30.3 Å². The highest BCUT2D eigenvalue weighted by molar-refractivity contribution is 7.18. The second-order valence-electron chi connectivity index (χ2n) is 5.47. The van der Waals surface area contributed by atoms with Crippen LogP contribution in [0.3, 0.4) is 0 Å². The molecular formula is C18H16N2O3S. The lowest BCUT2D eigenvalue weighted by Gasteiger charge is -2.09. The second-order valence-corrected chi connectivity index (χ2v) is 6.59. The van der Waals surface area contributed by atoms with Crippen molar-refractivity contribution in [1.29, 1.82) is 0 Å². The van der Waals surface area contributed by atoms with E-state index in [1.165, 1.54) is 0 Å². The molecule has 0 saturated carbocycles. The van der Waals surface area contributed by atoms with Gasteiger partial charge in [-0.2, -0.15) is 0 Å². The molecule has 1 amide bonds. The van der Waals surface area contributed by atoms with Crippen molar-refractivity contribution in [1.82, 2.24) is 10.3 Å². The SMILES string of the molecule is O=C(NCc1nc2ccccc2s1)c1ccc2c(c1)OCCCO2. The lowest BCUT2D eigenvalue weighted by Crippen LogP contribution is -2.22. The molecule has 0 aliphatic carbocycles. The number of fused-ring (bicyclic) bond motifs is 2. The first-order chi connectivity index (χ1) is 11.8. The molecule has 0 radical (unpaired) electrons. The van der Waals surface area contributed by atoms with Gasteiger partial charge in [0.25, 0.3) is 5.91 Å². The van der Waals surface area contributed by atoms with Gasteiger partial charge in [0.1, 0.15) is 5.01 Å². The van der Waals surface area contributed by atoms with Crippen LogP contribution in [-0.4, -0.2) is 24.1 Å². The number of aromatic nitrogens is 1. The number of ether oxygens (including phenoxy) is 2. The minimum Gasteiger partial charge on any atom is -0.490 e. The Balaban J connectivity index is 1.47. The van der Waals surface area contributed by atoms with Crippen molar-refractivity contribution in [2.75, 3.05) is 13.2 Å². The van der Waals surface area contributed by atoms with Crippen LogP contribution < -0.4 is 14.8 Å². The maximum atomic E-state index is 12.4. The summed E-state index contributed by atoms with van der Waals surface area (Å²) in [5.41, 5.74) is 1.52. The Morgan fingerprint density at radius 1 is 1.12 bits per heavy atom. The zero-order valence-electron chi connectivity index (χ0n) is 13.0. The number of carbonyl (C=O) groups excluding carboxylic acids is 1. The molecule has 0 spiro atoms. The van der Waals surface area contributed by atoms with E-state index >= 15 is 0 Å². The lowest BCUT2D eigenvalue weighted by molar-refractivity contribution is 0.0950. The largest absolute Gasteiger partial charge is 0.490 e. The molecule has 6 heteroatoms. The van der Waals surface area contributed by atoms with Crippen LogP contribution in [0.4, 0.5) is 0 Å². The minimum atomic E-state index is -0.148. The number of amides is 1. The zero-order chi connectivity index (χ0) is 16.4. The highest BCUT2D eigenvalue weighted by atomic mass is 32.1. The Labute approximate surface area is 143 Å². The first kappa shape index (κ1) is 15.0. The van der Waals surface area contributed by atoms with Gasteiger partial charge in [-0.25, -0.2) is 4.98 Å². The Kier molecular flexibility index (Phi) is 4.04. The van der Waals surface area contributed by atoms with E-state index in [1.54, 1.807) is 29.5 Å².